The number of nitrogens with one attached hydrogen (secondary N) is 2. The number of benzene rings is 2. The zero-order valence-corrected chi connectivity index (χ0v) is 14.3. The van der Waals surface area contributed by atoms with Gasteiger partial charge in [0.05, 0.1) is 19.9 Å². The summed E-state index contributed by atoms with van der Waals surface area (Å²) in [5, 5.41) is 5.68. The Balaban J connectivity index is 1.80. The minimum atomic E-state index is -0.552. The van der Waals surface area contributed by atoms with E-state index in [2.05, 4.69) is 10.6 Å². The minimum absolute atomic E-state index is 0.121. The van der Waals surface area contributed by atoms with Gasteiger partial charge in [0.1, 0.15) is 25.2 Å². The average molecular weight is 342 g/mol. The van der Waals surface area contributed by atoms with Crippen LogP contribution in [0.3, 0.4) is 0 Å². The Bertz CT molecular complexity index is 740. The smallest absolute Gasteiger partial charge is 0.225 e. The Labute approximate surface area is 147 Å². The number of hydrogen-bond acceptors (Lipinski definition) is 4. The quantitative estimate of drug-likeness (QED) is 0.567. The number of methoxy groups -OCH3 is 2. The molecule has 25 heavy (non-hydrogen) atoms. The van der Waals surface area contributed by atoms with Gasteiger partial charge in [-0.25, -0.2) is 4.39 Å². The highest BCUT2D eigenvalue weighted by molar-refractivity contribution is 6.32. The topological polar surface area (TPSA) is 59.6 Å². The summed E-state index contributed by atoms with van der Waals surface area (Å²) in [5.74, 6) is 0.591. The maximum absolute atomic E-state index is 13.6. The molecule has 2 aromatic carbocycles. The Kier molecular flexibility index (Phi) is 6.83. The summed E-state index contributed by atoms with van der Waals surface area (Å²) < 4.78 is 24.1. The third-order valence-electron chi connectivity index (χ3n) is 3.61. The predicted octanol–water partition coefficient (Wildman–Crippen LogP) is 1.76. The highest BCUT2D eigenvalue weighted by Gasteiger charge is 2.08. The van der Waals surface area contributed by atoms with Crippen molar-refractivity contribution in [2.75, 3.05) is 26.1 Å². The predicted molar refractivity (Wildman–Crippen MR) is 96.3 cm³/mol. The number of halogens is 1. The molecule has 2 radical (unpaired) electrons. The van der Waals surface area contributed by atoms with Gasteiger partial charge in [0.15, 0.2) is 0 Å². The van der Waals surface area contributed by atoms with E-state index in [9.17, 15) is 9.18 Å². The molecule has 0 atom stereocenters. The zero-order chi connectivity index (χ0) is 18.2. The first-order valence-electron chi connectivity index (χ1n) is 7.80. The van der Waals surface area contributed by atoms with E-state index in [1.165, 1.54) is 18.2 Å². The maximum Gasteiger partial charge on any atom is 0.225 e. The van der Waals surface area contributed by atoms with E-state index >= 15 is 0 Å². The fourth-order valence-corrected chi connectivity index (χ4v) is 2.27. The first-order valence-corrected chi connectivity index (χ1v) is 7.80. The van der Waals surface area contributed by atoms with Gasteiger partial charge in [0.2, 0.25) is 5.91 Å². The van der Waals surface area contributed by atoms with Crippen molar-refractivity contribution in [2.24, 2.45) is 0 Å². The van der Waals surface area contributed by atoms with E-state index in [1.54, 1.807) is 20.3 Å². The van der Waals surface area contributed by atoms with Crippen LogP contribution in [0.15, 0.2) is 36.4 Å². The summed E-state index contributed by atoms with van der Waals surface area (Å²) in [6.07, 6.45) is 0.211. The molecule has 0 saturated heterocycles. The molecule has 0 unspecified atom stereocenters. The molecule has 0 aliphatic rings. The van der Waals surface area contributed by atoms with E-state index in [0.717, 1.165) is 5.56 Å². The molecule has 0 aromatic heterocycles. The number of amides is 1. The van der Waals surface area contributed by atoms with Gasteiger partial charge in [-0.2, -0.15) is 0 Å². The second-order valence-corrected chi connectivity index (χ2v) is 5.39. The molecule has 7 heteroatoms. The Hall–Kier alpha value is -2.54. The fraction of sp³-hybridized carbons (Fsp3) is 0.278. The van der Waals surface area contributed by atoms with Crippen LogP contribution in [-0.2, 0) is 11.3 Å². The van der Waals surface area contributed by atoms with Gasteiger partial charge >= 0.3 is 0 Å². The van der Waals surface area contributed by atoms with E-state index in [1.807, 2.05) is 12.1 Å². The number of rotatable bonds is 8. The lowest BCUT2D eigenvalue weighted by atomic mass is 9.96. The van der Waals surface area contributed by atoms with Crippen molar-refractivity contribution in [1.82, 2.24) is 5.32 Å². The number of ether oxygens (including phenoxy) is 2. The van der Waals surface area contributed by atoms with Crippen LogP contribution in [0.2, 0.25) is 0 Å². The van der Waals surface area contributed by atoms with Gasteiger partial charge in [0, 0.05) is 31.1 Å². The molecular weight excluding hydrogens is 322 g/mol. The third-order valence-corrected chi connectivity index (χ3v) is 3.61. The molecule has 0 aliphatic heterocycles. The molecule has 0 saturated carbocycles. The number of carbonyl (C=O) groups is 1. The zero-order valence-electron chi connectivity index (χ0n) is 14.3. The summed E-state index contributed by atoms with van der Waals surface area (Å²) in [6.45, 7) is 0.980. The monoisotopic (exact) mass is 342 g/mol. The molecule has 0 fully saturated rings. The largest absolute Gasteiger partial charge is 0.497 e. The van der Waals surface area contributed by atoms with Gasteiger partial charge in [-0.05, 0) is 18.2 Å². The molecule has 0 spiro atoms. The standard InChI is InChI=1S/C18H20BFN2O3/c1-24-14-5-3-12(17(10-14)25-2)11-21-8-7-18(23)22-16-6-4-13(19)9-15(16)20/h3-6,9-10,21H,7-8,11H2,1-2H3,(H,22,23). The molecule has 2 rings (SSSR count). The van der Waals surface area contributed by atoms with Crippen molar-refractivity contribution in [3.05, 3.63) is 47.8 Å². The molecule has 2 N–H and O–H groups in total. The first-order chi connectivity index (χ1) is 12.0. The first kappa shape index (κ1) is 18.8. The third kappa shape index (κ3) is 5.50. The van der Waals surface area contributed by atoms with Crippen molar-refractivity contribution in [2.45, 2.75) is 13.0 Å². The van der Waals surface area contributed by atoms with Gasteiger partial charge in [0.25, 0.3) is 0 Å². The van der Waals surface area contributed by atoms with Crippen LogP contribution < -0.4 is 25.6 Å². The van der Waals surface area contributed by atoms with Crippen LogP contribution in [0.4, 0.5) is 10.1 Å². The summed E-state index contributed by atoms with van der Waals surface area (Å²) in [6, 6.07) is 9.69. The van der Waals surface area contributed by atoms with Crippen LogP contribution in [0.25, 0.3) is 0 Å². The number of carbonyl (C=O) groups excluding carboxylic acids is 1. The Morgan fingerprint density at radius 3 is 2.64 bits per heavy atom. The van der Waals surface area contributed by atoms with Crippen LogP contribution >= 0.6 is 0 Å². The van der Waals surface area contributed by atoms with E-state index in [-0.39, 0.29) is 18.0 Å². The lowest BCUT2D eigenvalue weighted by Gasteiger charge is -2.11. The Morgan fingerprint density at radius 1 is 1.16 bits per heavy atom. The maximum atomic E-state index is 13.6. The van der Waals surface area contributed by atoms with Crippen molar-refractivity contribution in [1.29, 1.82) is 0 Å². The second-order valence-electron chi connectivity index (χ2n) is 5.39. The molecule has 0 aliphatic carbocycles. The SMILES string of the molecule is [B]c1ccc(NC(=O)CCNCc2ccc(OC)cc2OC)c(F)c1. The molecule has 0 heterocycles. The number of anilines is 1. The fourth-order valence-electron chi connectivity index (χ4n) is 2.27. The van der Waals surface area contributed by atoms with Crippen molar-refractivity contribution >= 4 is 24.9 Å². The summed E-state index contributed by atoms with van der Waals surface area (Å²) >= 11 is 0. The van der Waals surface area contributed by atoms with E-state index in [4.69, 9.17) is 17.3 Å². The summed E-state index contributed by atoms with van der Waals surface area (Å²) in [5.41, 5.74) is 1.38. The average Bonchev–Trinajstić information content (AvgIpc) is 2.61. The number of hydrogen-bond donors (Lipinski definition) is 2. The highest BCUT2D eigenvalue weighted by Crippen LogP contribution is 2.24. The Morgan fingerprint density at radius 2 is 1.96 bits per heavy atom. The van der Waals surface area contributed by atoms with Crippen LogP contribution in [-0.4, -0.2) is 34.5 Å². The minimum Gasteiger partial charge on any atom is -0.497 e. The molecular formula is C18H20BFN2O3. The van der Waals surface area contributed by atoms with Gasteiger partial charge in [-0.3, -0.25) is 4.79 Å². The molecule has 130 valence electrons. The summed E-state index contributed by atoms with van der Waals surface area (Å²) in [4.78, 5) is 11.9. The van der Waals surface area contributed by atoms with E-state index < -0.39 is 5.82 Å². The van der Waals surface area contributed by atoms with E-state index in [0.29, 0.717) is 30.1 Å². The molecule has 0 bridgehead atoms. The molecule has 5 nitrogen and oxygen atoms in total. The van der Waals surface area contributed by atoms with Gasteiger partial charge in [-0.1, -0.05) is 17.6 Å². The lowest BCUT2D eigenvalue weighted by molar-refractivity contribution is -0.116. The van der Waals surface area contributed by atoms with Crippen LogP contribution in [0.5, 0.6) is 11.5 Å². The highest BCUT2D eigenvalue weighted by atomic mass is 19.1. The van der Waals surface area contributed by atoms with Crippen molar-refractivity contribution in [3.63, 3.8) is 0 Å². The van der Waals surface area contributed by atoms with Gasteiger partial charge < -0.3 is 20.1 Å². The van der Waals surface area contributed by atoms with Crippen LogP contribution in [0, 0.1) is 5.82 Å². The normalized spacial score (nSPS) is 10.4. The van der Waals surface area contributed by atoms with Crippen molar-refractivity contribution < 1.29 is 18.7 Å². The van der Waals surface area contributed by atoms with Gasteiger partial charge in [-0.15, -0.1) is 0 Å². The molecule has 1 amide bonds. The lowest BCUT2D eigenvalue weighted by Crippen LogP contribution is -2.22. The molecule has 2 aromatic rings. The van der Waals surface area contributed by atoms with Crippen LogP contribution in [0.1, 0.15) is 12.0 Å². The van der Waals surface area contributed by atoms with Crippen molar-refractivity contribution in [3.8, 4) is 11.5 Å². The summed E-state index contributed by atoms with van der Waals surface area (Å²) in [7, 11) is 8.66. The second kappa shape index (κ2) is 9.08.